The van der Waals surface area contributed by atoms with Gasteiger partial charge in [-0.15, -0.1) is 0 Å². The van der Waals surface area contributed by atoms with Gasteiger partial charge in [-0.05, 0) is 31.4 Å². The molecular formula is C29H40N2O7. The number of hydrogen-bond acceptors (Lipinski definition) is 7. The summed E-state index contributed by atoms with van der Waals surface area (Å²) in [5.41, 5.74) is 0. The van der Waals surface area contributed by atoms with Gasteiger partial charge in [0, 0.05) is 39.0 Å². The number of nitrogens with zero attached hydrogens (tertiary/aromatic N) is 1. The number of ketones is 1. The number of para-hydroxylation sites is 1. The topological polar surface area (TPSA) is 111 Å². The number of Topliss-reactive ketones (excluding diaryl/α,β-unsaturated/α-hetero) is 1. The van der Waals surface area contributed by atoms with Gasteiger partial charge in [0.15, 0.2) is 0 Å². The van der Waals surface area contributed by atoms with Crippen LogP contribution in [0.1, 0.15) is 52.4 Å². The Hall–Kier alpha value is -3.04. The van der Waals surface area contributed by atoms with Gasteiger partial charge in [-0.25, -0.2) is 0 Å². The molecule has 3 aliphatic heterocycles. The minimum absolute atomic E-state index is 0.0115. The average molecular weight is 529 g/mol. The smallest absolute Gasteiger partial charge is 0.236 e. The second-order valence-corrected chi connectivity index (χ2v) is 9.30. The highest BCUT2D eigenvalue weighted by atomic mass is 16.5. The molecule has 3 heterocycles. The summed E-state index contributed by atoms with van der Waals surface area (Å²) in [5, 5.41) is 2.86. The van der Waals surface area contributed by atoms with Gasteiger partial charge >= 0.3 is 0 Å². The lowest BCUT2D eigenvalue weighted by Crippen LogP contribution is -2.36. The summed E-state index contributed by atoms with van der Waals surface area (Å²) in [6.07, 6.45) is 6.05. The number of unbranched alkanes of at least 4 members (excludes halogenated alkanes) is 1. The highest BCUT2D eigenvalue weighted by Crippen LogP contribution is 2.45. The third kappa shape index (κ3) is 7.98. The van der Waals surface area contributed by atoms with Crippen molar-refractivity contribution in [1.29, 1.82) is 0 Å². The van der Waals surface area contributed by atoms with Crippen molar-refractivity contribution >= 4 is 23.5 Å². The van der Waals surface area contributed by atoms with Gasteiger partial charge in [-0.3, -0.25) is 24.1 Å². The van der Waals surface area contributed by atoms with E-state index in [4.69, 9.17) is 14.2 Å². The Morgan fingerprint density at radius 1 is 0.868 bits per heavy atom. The molecule has 2 saturated heterocycles. The normalized spacial score (nSPS) is 22.7. The van der Waals surface area contributed by atoms with Crippen molar-refractivity contribution in [3.8, 4) is 5.75 Å². The molecular weight excluding hydrogens is 488 g/mol. The number of ether oxygens (including phenoxy) is 3. The van der Waals surface area contributed by atoms with Gasteiger partial charge in [-0.1, -0.05) is 44.2 Å². The van der Waals surface area contributed by atoms with Crippen LogP contribution >= 0.6 is 0 Å². The molecule has 0 spiro atoms. The van der Waals surface area contributed by atoms with Gasteiger partial charge in [0.05, 0.1) is 37.3 Å². The molecule has 0 aliphatic carbocycles. The molecule has 2 bridgehead atoms. The molecule has 1 aromatic rings. The van der Waals surface area contributed by atoms with Crippen LogP contribution in [-0.4, -0.2) is 73.5 Å². The third-order valence-corrected chi connectivity index (χ3v) is 6.74. The number of carbonyl (C=O) groups excluding carboxylic acids is 4. The summed E-state index contributed by atoms with van der Waals surface area (Å²) in [4.78, 5) is 50.5. The first-order valence-corrected chi connectivity index (χ1v) is 13.8. The molecule has 1 aromatic carbocycles. The minimum Gasteiger partial charge on any atom is -0.494 e. The number of rotatable bonds is 16. The maximum absolute atomic E-state index is 12.6. The summed E-state index contributed by atoms with van der Waals surface area (Å²) >= 11 is 0. The van der Waals surface area contributed by atoms with E-state index in [1.165, 1.54) is 4.90 Å². The Kier molecular flexibility index (Phi) is 12.0. The van der Waals surface area contributed by atoms with E-state index in [1.54, 1.807) is 0 Å². The molecule has 2 fully saturated rings. The van der Waals surface area contributed by atoms with Crippen molar-refractivity contribution < 1.29 is 33.4 Å². The van der Waals surface area contributed by atoms with Crippen LogP contribution in [0.4, 0.5) is 0 Å². The van der Waals surface area contributed by atoms with E-state index in [2.05, 4.69) is 5.32 Å². The van der Waals surface area contributed by atoms with E-state index >= 15 is 0 Å². The first kappa shape index (κ1) is 29.5. The molecule has 4 rings (SSSR count). The van der Waals surface area contributed by atoms with Crippen LogP contribution in [0.5, 0.6) is 5.75 Å². The Morgan fingerprint density at radius 2 is 1.55 bits per heavy atom. The standard InChI is InChI=1S/C27H34N2O7.C2H6/c30-19(12-15-29-26(32)24-21-10-11-22(36-21)25(24)27(29)33)7-6-16-34-18-13-23(31)28-14-4-5-17-35-20-8-2-1-3-9-20;1-2/h1-3,8-11,21-22,24-25H,4-7,12-18H2,(H,28,31);1-2H3. The van der Waals surface area contributed by atoms with Crippen LogP contribution < -0.4 is 10.1 Å². The maximum atomic E-state index is 12.6. The zero-order valence-electron chi connectivity index (χ0n) is 22.4. The number of benzene rings is 1. The largest absolute Gasteiger partial charge is 0.494 e. The van der Waals surface area contributed by atoms with Crippen LogP contribution in [0.3, 0.4) is 0 Å². The summed E-state index contributed by atoms with van der Waals surface area (Å²) in [7, 11) is 0. The minimum atomic E-state index is -0.429. The summed E-state index contributed by atoms with van der Waals surface area (Å²) in [5.74, 6) is -0.534. The van der Waals surface area contributed by atoms with E-state index in [9.17, 15) is 19.2 Å². The van der Waals surface area contributed by atoms with Crippen molar-refractivity contribution in [2.24, 2.45) is 11.8 Å². The van der Waals surface area contributed by atoms with Crippen LogP contribution in [-0.2, 0) is 28.7 Å². The molecule has 4 atom stereocenters. The molecule has 208 valence electrons. The van der Waals surface area contributed by atoms with Crippen molar-refractivity contribution in [1.82, 2.24) is 10.2 Å². The number of nitrogens with one attached hydrogen (secondary N) is 1. The van der Waals surface area contributed by atoms with Crippen molar-refractivity contribution in [2.75, 3.05) is 32.9 Å². The van der Waals surface area contributed by atoms with E-state index in [0.29, 0.717) is 39.2 Å². The number of hydrogen-bond donors (Lipinski definition) is 1. The van der Waals surface area contributed by atoms with Crippen LogP contribution in [0.25, 0.3) is 0 Å². The van der Waals surface area contributed by atoms with Crippen LogP contribution in [0.15, 0.2) is 42.5 Å². The van der Waals surface area contributed by atoms with Gasteiger partial charge in [0.1, 0.15) is 11.5 Å². The average Bonchev–Trinajstić information content (AvgIpc) is 3.62. The van der Waals surface area contributed by atoms with Crippen LogP contribution in [0.2, 0.25) is 0 Å². The van der Waals surface area contributed by atoms with Crippen molar-refractivity contribution in [3.63, 3.8) is 0 Å². The lowest BCUT2D eigenvalue weighted by molar-refractivity contribution is -0.142. The molecule has 9 heteroatoms. The second kappa shape index (κ2) is 15.4. The van der Waals surface area contributed by atoms with Gasteiger partial charge < -0.3 is 19.5 Å². The quantitative estimate of drug-likeness (QED) is 0.199. The lowest BCUT2D eigenvalue weighted by atomic mass is 9.85. The fourth-order valence-corrected chi connectivity index (χ4v) is 4.84. The molecule has 0 saturated carbocycles. The van der Waals surface area contributed by atoms with Gasteiger partial charge in [0.2, 0.25) is 17.7 Å². The van der Waals surface area contributed by atoms with Crippen LogP contribution in [0, 0.1) is 11.8 Å². The zero-order valence-corrected chi connectivity index (χ0v) is 22.4. The first-order chi connectivity index (χ1) is 18.5. The number of likely N-dealkylation sites (tertiary alicyclic amines) is 1. The molecule has 4 unspecified atom stereocenters. The third-order valence-electron chi connectivity index (χ3n) is 6.74. The molecule has 0 aromatic heterocycles. The number of amides is 3. The Balaban J connectivity index is 0.00000195. The predicted octanol–water partition coefficient (Wildman–Crippen LogP) is 3.07. The fourth-order valence-electron chi connectivity index (χ4n) is 4.84. The number of fused-ring (bicyclic) bond motifs is 5. The highest BCUT2D eigenvalue weighted by Gasteiger charge is 2.60. The first-order valence-electron chi connectivity index (χ1n) is 13.8. The molecule has 3 amide bonds. The van der Waals surface area contributed by atoms with E-state index < -0.39 is 11.8 Å². The van der Waals surface area contributed by atoms with Crippen molar-refractivity contribution in [2.45, 2.75) is 64.6 Å². The van der Waals surface area contributed by atoms with Gasteiger partial charge in [-0.2, -0.15) is 0 Å². The monoisotopic (exact) mass is 528 g/mol. The molecule has 38 heavy (non-hydrogen) atoms. The van der Waals surface area contributed by atoms with Crippen molar-refractivity contribution in [3.05, 3.63) is 42.5 Å². The Bertz CT molecular complexity index is 935. The summed E-state index contributed by atoms with van der Waals surface area (Å²) in [6.45, 7) is 6.02. The maximum Gasteiger partial charge on any atom is 0.236 e. The molecule has 1 N–H and O–H groups in total. The Labute approximate surface area is 224 Å². The molecule has 0 radical (unpaired) electrons. The Morgan fingerprint density at radius 3 is 2.24 bits per heavy atom. The highest BCUT2D eigenvalue weighted by molar-refractivity contribution is 6.07. The summed E-state index contributed by atoms with van der Waals surface area (Å²) < 4.78 is 16.7. The second-order valence-electron chi connectivity index (χ2n) is 9.30. The van der Waals surface area contributed by atoms with Gasteiger partial charge in [0.25, 0.3) is 0 Å². The SMILES string of the molecule is CC.O=C(CCCOCCC(=O)NCCCCOc1ccccc1)CCN1C(=O)C2C3C=CC(O3)C2C1=O. The zero-order chi connectivity index (χ0) is 27.3. The number of imide groups is 1. The van der Waals surface area contributed by atoms with E-state index in [-0.39, 0.29) is 55.1 Å². The van der Waals surface area contributed by atoms with E-state index in [1.807, 2.05) is 56.3 Å². The number of carbonyl (C=O) groups is 4. The summed E-state index contributed by atoms with van der Waals surface area (Å²) in [6, 6.07) is 9.63. The predicted molar refractivity (Wildman–Crippen MR) is 141 cm³/mol. The molecule has 3 aliphatic rings. The lowest BCUT2D eigenvalue weighted by Gasteiger charge is -2.17. The molecule has 9 nitrogen and oxygen atoms in total. The van der Waals surface area contributed by atoms with E-state index in [0.717, 1.165) is 18.6 Å². The fraction of sp³-hybridized carbons (Fsp3) is 0.586.